The van der Waals surface area contributed by atoms with Gasteiger partial charge in [-0.25, -0.2) is 0 Å². The number of anilines is 2. The summed E-state index contributed by atoms with van der Waals surface area (Å²) in [5, 5.41) is 12.2. The van der Waals surface area contributed by atoms with E-state index in [2.05, 4.69) is 15.5 Å². The van der Waals surface area contributed by atoms with E-state index in [1.807, 2.05) is 31.2 Å². The quantitative estimate of drug-likeness (QED) is 0.733. The van der Waals surface area contributed by atoms with Crippen molar-refractivity contribution in [2.24, 2.45) is 11.7 Å². The molecule has 2 aromatic rings. The first-order valence-electron chi connectivity index (χ1n) is 8.39. The van der Waals surface area contributed by atoms with Gasteiger partial charge in [0.15, 0.2) is 4.34 Å². The summed E-state index contributed by atoms with van der Waals surface area (Å²) < 4.78 is 0.734. The molecule has 1 atom stereocenters. The molecule has 1 fully saturated rings. The van der Waals surface area contributed by atoms with Gasteiger partial charge < -0.3 is 16.0 Å². The molecule has 2 heterocycles. The van der Waals surface area contributed by atoms with E-state index in [1.165, 1.54) is 23.1 Å². The summed E-state index contributed by atoms with van der Waals surface area (Å²) in [6.45, 7) is 3.12. The number of para-hydroxylation sites is 1. The minimum Gasteiger partial charge on any atom is -0.369 e. The second-order valence-corrected chi connectivity index (χ2v) is 8.38. The number of primary amides is 1. The Labute approximate surface area is 160 Å². The summed E-state index contributed by atoms with van der Waals surface area (Å²) >= 11 is 2.78. The van der Waals surface area contributed by atoms with Gasteiger partial charge in [0.25, 0.3) is 0 Å². The Morgan fingerprint density at radius 3 is 2.96 bits per heavy atom. The van der Waals surface area contributed by atoms with Gasteiger partial charge in [0, 0.05) is 18.8 Å². The van der Waals surface area contributed by atoms with Gasteiger partial charge in [-0.05, 0) is 31.4 Å². The zero-order valence-electron chi connectivity index (χ0n) is 14.5. The Morgan fingerprint density at radius 2 is 2.19 bits per heavy atom. The fourth-order valence-electron chi connectivity index (χ4n) is 2.80. The van der Waals surface area contributed by atoms with Crippen molar-refractivity contribution in [1.29, 1.82) is 0 Å². The molecule has 1 aliphatic heterocycles. The first-order valence-corrected chi connectivity index (χ1v) is 10.2. The van der Waals surface area contributed by atoms with E-state index in [4.69, 9.17) is 5.73 Å². The van der Waals surface area contributed by atoms with Crippen molar-refractivity contribution in [3.63, 3.8) is 0 Å². The number of nitrogens with one attached hydrogen (secondary N) is 1. The SMILES string of the molecule is Cc1ccccc1Nc1nnc(SCC(=O)N2CCC[C@@H](C(N)=O)C2)s1. The molecule has 0 aliphatic carbocycles. The van der Waals surface area contributed by atoms with Crippen LogP contribution in [0.4, 0.5) is 10.8 Å². The predicted octanol–water partition coefficient (Wildman–Crippen LogP) is 2.41. The van der Waals surface area contributed by atoms with Gasteiger partial charge in [-0.15, -0.1) is 10.2 Å². The molecular weight excluding hydrogens is 370 g/mol. The topological polar surface area (TPSA) is 101 Å². The lowest BCUT2D eigenvalue weighted by atomic mass is 9.97. The lowest BCUT2D eigenvalue weighted by Gasteiger charge is -2.31. The number of carbonyl (C=O) groups excluding carboxylic acids is 2. The Balaban J connectivity index is 1.52. The second-order valence-electron chi connectivity index (χ2n) is 6.18. The first-order chi connectivity index (χ1) is 12.5. The van der Waals surface area contributed by atoms with Crippen LogP contribution < -0.4 is 11.1 Å². The van der Waals surface area contributed by atoms with E-state index in [0.29, 0.717) is 18.2 Å². The number of hydrogen-bond acceptors (Lipinski definition) is 7. The van der Waals surface area contributed by atoms with Crippen molar-refractivity contribution >= 4 is 45.7 Å². The molecule has 0 bridgehead atoms. The summed E-state index contributed by atoms with van der Waals surface area (Å²) in [4.78, 5) is 25.4. The van der Waals surface area contributed by atoms with E-state index in [1.54, 1.807) is 4.90 Å². The van der Waals surface area contributed by atoms with Crippen molar-refractivity contribution in [3.05, 3.63) is 29.8 Å². The van der Waals surface area contributed by atoms with Crippen molar-refractivity contribution in [1.82, 2.24) is 15.1 Å². The fourth-order valence-corrected chi connectivity index (χ4v) is 4.46. The lowest BCUT2D eigenvalue weighted by molar-refractivity contribution is -0.132. The van der Waals surface area contributed by atoms with Crippen LogP contribution in [-0.4, -0.2) is 45.8 Å². The lowest BCUT2D eigenvalue weighted by Crippen LogP contribution is -2.44. The Hall–Kier alpha value is -2.13. The first kappa shape index (κ1) is 18.7. The number of nitrogens with two attached hydrogens (primary N) is 1. The zero-order valence-corrected chi connectivity index (χ0v) is 16.1. The van der Waals surface area contributed by atoms with E-state index < -0.39 is 0 Å². The van der Waals surface area contributed by atoms with Gasteiger partial charge in [0.05, 0.1) is 11.7 Å². The Bertz CT molecular complexity index is 795. The van der Waals surface area contributed by atoms with Crippen molar-refractivity contribution in [2.45, 2.75) is 24.1 Å². The fraction of sp³-hybridized carbons (Fsp3) is 0.412. The minimum atomic E-state index is -0.328. The molecule has 2 amide bonds. The minimum absolute atomic E-state index is 0.00423. The number of likely N-dealkylation sites (tertiary alicyclic amines) is 1. The van der Waals surface area contributed by atoms with Crippen LogP contribution in [0.25, 0.3) is 0 Å². The molecule has 0 radical (unpaired) electrons. The van der Waals surface area contributed by atoms with Crippen LogP contribution >= 0.6 is 23.1 Å². The van der Waals surface area contributed by atoms with Gasteiger partial charge in [-0.1, -0.05) is 41.3 Å². The normalized spacial score (nSPS) is 17.1. The molecule has 3 rings (SSSR count). The van der Waals surface area contributed by atoms with Crippen LogP contribution in [-0.2, 0) is 9.59 Å². The number of hydrogen-bond donors (Lipinski definition) is 2. The Morgan fingerprint density at radius 1 is 1.38 bits per heavy atom. The van der Waals surface area contributed by atoms with Crippen LogP contribution in [0.15, 0.2) is 28.6 Å². The maximum atomic E-state index is 12.4. The van der Waals surface area contributed by atoms with Crippen molar-refractivity contribution in [2.75, 3.05) is 24.2 Å². The summed E-state index contributed by atoms with van der Waals surface area (Å²) in [7, 11) is 0. The van der Waals surface area contributed by atoms with Gasteiger partial charge in [0.1, 0.15) is 0 Å². The van der Waals surface area contributed by atoms with E-state index in [0.717, 1.165) is 28.4 Å². The number of piperidine rings is 1. The Kier molecular flexibility index (Phi) is 6.10. The smallest absolute Gasteiger partial charge is 0.233 e. The third kappa shape index (κ3) is 4.73. The third-order valence-corrected chi connectivity index (χ3v) is 6.25. The number of amides is 2. The largest absolute Gasteiger partial charge is 0.369 e. The highest BCUT2D eigenvalue weighted by molar-refractivity contribution is 8.01. The molecule has 0 saturated carbocycles. The standard InChI is InChI=1S/C17H21N5O2S2/c1-11-5-2-3-7-13(11)19-16-20-21-17(26-16)25-10-14(23)22-8-4-6-12(9-22)15(18)24/h2-3,5,7,12H,4,6,8-10H2,1H3,(H2,18,24)(H,19,20)/t12-/m1/s1. The zero-order chi connectivity index (χ0) is 18.5. The average molecular weight is 392 g/mol. The van der Waals surface area contributed by atoms with Crippen LogP contribution in [0.2, 0.25) is 0 Å². The number of aromatic nitrogens is 2. The predicted molar refractivity (Wildman–Crippen MR) is 104 cm³/mol. The van der Waals surface area contributed by atoms with Gasteiger partial charge in [-0.3, -0.25) is 9.59 Å². The molecular formula is C17H21N5O2S2. The van der Waals surface area contributed by atoms with Crippen LogP contribution in [0.5, 0.6) is 0 Å². The number of benzene rings is 1. The molecule has 138 valence electrons. The van der Waals surface area contributed by atoms with Crippen LogP contribution in [0, 0.1) is 12.8 Å². The van der Waals surface area contributed by atoms with E-state index in [9.17, 15) is 9.59 Å². The molecule has 26 heavy (non-hydrogen) atoms. The van der Waals surface area contributed by atoms with E-state index >= 15 is 0 Å². The maximum absolute atomic E-state index is 12.4. The molecule has 9 heteroatoms. The van der Waals surface area contributed by atoms with Crippen molar-refractivity contribution in [3.8, 4) is 0 Å². The molecule has 1 aromatic heterocycles. The number of aryl methyl sites for hydroxylation is 1. The van der Waals surface area contributed by atoms with Gasteiger partial charge in [0.2, 0.25) is 16.9 Å². The average Bonchev–Trinajstić information content (AvgIpc) is 3.09. The van der Waals surface area contributed by atoms with E-state index in [-0.39, 0.29) is 23.5 Å². The monoisotopic (exact) mass is 391 g/mol. The number of nitrogens with zero attached hydrogens (tertiary/aromatic N) is 3. The summed E-state index contributed by atoms with van der Waals surface area (Å²) in [5.74, 6) is -0.273. The molecule has 0 spiro atoms. The number of rotatable bonds is 6. The third-order valence-electron chi connectivity index (χ3n) is 4.29. The van der Waals surface area contributed by atoms with Crippen LogP contribution in [0.3, 0.4) is 0 Å². The van der Waals surface area contributed by atoms with Crippen LogP contribution in [0.1, 0.15) is 18.4 Å². The van der Waals surface area contributed by atoms with Crippen molar-refractivity contribution < 1.29 is 9.59 Å². The molecule has 3 N–H and O–H groups in total. The summed E-state index contributed by atoms with van der Waals surface area (Å²) in [5.41, 5.74) is 7.48. The summed E-state index contributed by atoms with van der Waals surface area (Å²) in [6.07, 6.45) is 1.57. The molecule has 0 unspecified atom stereocenters. The molecule has 1 saturated heterocycles. The molecule has 1 aliphatic rings. The molecule has 7 nitrogen and oxygen atoms in total. The molecule has 1 aromatic carbocycles. The van der Waals surface area contributed by atoms with Gasteiger partial charge >= 0.3 is 0 Å². The summed E-state index contributed by atoms with van der Waals surface area (Å²) in [6, 6.07) is 7.95. The van der Waals surface area contributed by atoms with Gasteiger partial charge in [-0.2, -0.15) is 0 Å². The number of thioether (sulfide) groups is 1. The maximum Gasteiger partial charge on any atom is 0.233 e. The second kappa shape index (κ2) is 8.50. The highest BCUT2D eigenvalue weighted by Gasteiger charge is 2.27. The highest BCUT2D eigenvalue weighted by atomic mass is 32.2. The number of carbonyl (C=O) groups is 2. The highest BCUT2D eigenvalue weighted by Crippen LogP contribution is 2.29.